The number of carbonyl (C=O) groups excluding carboxylic acids is 1. The van der Waals surface area contributed by atoms with Gasteiger partial charge in [-0.05, 0) is 33.9 Å². The summed E-state index contributed by atoms with van der Waals surface area (Å²) in [5.41, 5.74) is 2.65. The van der Waals surface area contributed by atoms with Crippen LogP contribution in [0.1, 0.15) is 27.5 Å². The topological polar surface area (TPSA) is 54.5 Å². The quantitative estimate of drug-likeness (QED) is 0.848. The van der Waals surface area contributed by atoms with Crippen molar-refractivity contribution in [2.75, 3.05) is 33.2 Å². The molecule has 0 atom stereocenters. The van der Waals surface area contributed by atoms with Crippen LogP contribution in [0.4, 0.5) is 0 Å². The number of nitrogens with zero attached hydrogens (tertiary/aromatic N) is 4. The van der Waals surface area contributed by atoms with Gasteiger partial charge in [0.25, 0.3) is 5.91 Å². The van der Waals surface area contributed by atoms with E-state index >= 15 is 0 Å². The van der Waals surface area contributed by atoms with Crippen LogP contribution >= 0.6 is 0 Å². The number of aryl methyl sites for hydroxylation is 2. The summed E-state index contributed by atoms with van der Waals surface area (Å²) in [5.74, 6) is 1.59. The van der Waals surface area contributed by atoms with E-state index in [2.05, 4.69) is 17.1 Å². The molecule has 0 saturated carbocycles. The fraction of sp³-hybridized carbons (Fsp3) is 0.500. The van der Waals surface area contributed by atoms with Crippen LogP contribution in [0.25, 0.3) is 5.82 Å². The van der Waals surface area contributed by atoms with Crippen molar-refractivity contribution in [3.8, 4) is 5.82 Å². The fourth-order valence-electron chi connectivity index (χ4n) is 2.97. The zero-order valence-electron chi connectivity index (χ0n) is 13.6. The summed E-state index contributed by atoms with van der Waals surface area (Å²) >= 11 is 0. The number of aromatic nitrogens is 2. The van der Waals surface area contributed by atoms with E-state index in [-0.39, 0.29) is 5.91 Å². The monoisotopic (exact) mass is 302 g/mol. The first kappa shape index (κ1) is 14.8. The smallest absolute Gasteiger partial charge is 0.255 e. The molecule has 6 heteroatoms. The molecular formula is C16H22N4O2. The van der Waals surface area contributed by atoms with Gasteiger partial charge in [-0.25, -0.2) is 0 Å². The average Bonchev–Trinajstić information content (AvgIpc) is 3.02. The molecule has 0 spiro atoms. The molecule has 3 rings (SSSR count). The maximum Gasteiger partial charge on any atom is 0.255 e. The van der Waals surface area contributed by atoms with Crippen molar-refractivity contribution < 1.29 is 9.32 Å². The van der Waals surface area contributed by atoms with Gasteiger partial charge < -0.3 is 14.3 Å². The molecule has 22 heavy (non-hydrogen) atoms. The molecule has 118 valence electrons. The third-order valence-electron chi connectivity index (χ3n) is 4.30. The molecule has 1 amide bonds. The molecular weight excluding hydrogens is 280 g/mol. The normalized spacial score (nSPS) is 16.3. The van der Waals surface area contributed by atoms with Crippen LogP contribution < -0.4 is 0 Å². The lowest BCUT2D eigenvalue weighted by Crippen LogP contribution is -2.47. The van der Waals surface area contributed by atoms with Gasteiger partial charge in [-0.3, -0.25) is 9.36 Å². The minimum Gasteiger partial charge on any atom is -0.360 e. The first-order chi connectivity index (χ1) is 10.5. The third-order valence-corrected chi connectivity index (χ3v) is 4.30. The summed E-state index contributed by atoms with van der Waals surface area (Å²) < 4.78 is 7.13. The van der Waals surface area contributed by atoms with Crippen LogP contribution in [0.15, 0.2) is 16.7 Å². The predicted molar refractivity (Wildman–Crippen MR) is 83.4 cm³/mol. The number of hydrogen-bond donors (Lipinski definition) is 0. The highest BCUT2D eigenvalue weighted by atomic mass is 16.5. The summed E-state index contributed by atoms with van der Waals surface area (Å²) in [4.78, 5) is 17.0. The number of amides is 1. The van der Waals surface area contributed by atoms with E-state index in [0.29, 0.717) is 0 Å². The Labute approximate surface area is 130 Å². The maximum absolute atomic E-state index is 12.8. The molecule has 6 nitrogen and oxygen atoms in total. The Kier molecular flexibility index (Phi) is 3.78. The van der Waals surface area contributed by atoms with Gasteiger partial charge >= 0.3 is 0 Å². The van der Waals surface area contributed by atoms with Crippen molar-refractivity contribution in [2.45, 2.75) is 20.8 Å². The van der Waals surface area contributed by atoms with Crippen molar-refractivity contribution in [3.63, 3.8) is 0 Å². The Bertz CT molecular complexity index is 693. The summed E-state index contributed by atoms with van der Waals surface area (Å²) in [6.07, 6.45) is 0. The lowest BCUT2D eigenvalue weighted by Gasteiger charge is -2.32. The summed E-state index contributed by atoms with van der Waals surface area (Å²) in [6.45, 7) is 9.21. The zero-order chi connectivity index (χ0) is 15.9. The molecule has 1 aliphatic heterocycles. The number of rotatable bonds is 2. The Balaban J connectivity index is 1.91. The second-order valence-electron chi connectivity index (χ2n) is 6.01. The van der Waals surface area contributed by atoms with E-state index in [1.54, 1.807) is 0 Å². The number of piperazine rings is 1. The molecule has 0 aromatic carbocycles. The minimum absolute atomic E-state index is 0.104. The predicted octanol–water partition coefficient (Wildman–Crippen LogP) is 1.78. The van der Waals surface area contributed by atoms with E-state index in [0.717, 1.165) is 54.7 Å². The zero-order valence-corrected chi connectivity index (χ0v) is 13.6. The Morgan fingerprint density at radius 1 is 1.14 bits per heavy atom. The Morgan fingerprint density at radius 3 is 2.41 bits per heavy atom. The van der Waals surface area contributed by atoms with E-state index in [9.17, 15) is 4.79 Å². The lowest BCUT2D eigenvalue weighted by atomic mass is 10.2. The lowest BCUT2D eigenvalue weighted by molar-refractivity contribution is 0.0663. The molecule has 1 saturated heterocycles. The largest absolute Gasteiger partial charge is 0.360 e. The standard InChI is InChI=1S/C16H22N4O2/c1-11-9-14(16(21)19-7-5-18(4)6-8-19)13(3)20(11)15-10-12(2)22-17-15/h9-10H,5-8H2,1-4H3. The Hall–Kier alpha value is -2.08. The van der Waals surface area contributed by atoms with Gasteiger partial charge in [0.05, 0.1) is 5.56 Å². The molecule has 2 aromatic heterocycles. The van der Waals surface area contributed by atoms with Crippen molar-refractivity contribution in [1.82, 2.24) is 19.5 Å². The SMILES string of the molecule is Cc1cc(-n2c(C)cc(C(=O)N3CCN(C)CC3)c2C)no1. The molecule has 1 aliphatic rings. The van der Waals surface area contributed by atoms with Gasteiger partial charge in [-0.1, -0.05) is 5.16 Å². The van der Waals surface area contributed by atoms with E-state index in [1.807, 2.05) is 42.4 Å². The van der Waals surface area contributed by atoms with Crippen LogP contribution in [-0.4, -0.2) is 58.7 Å². The highest BCUT2D eigenvalue weighted by molar-refractivity contribution is 5.96. The van der Waals surface area contributed by atoms with E-state index in [4.69, 9.17) is 4.52 Å². The molecule has 1 fully saturated rings. The van der Waals surface area contributed by atoms with Crippen LogP contribution in [0.5, 0.6) is 0 Å². The number of hydrogen-bond acceptors (Lipinski definition) is 4. The highest BCUT2D eigenvalue weighted by Gasteiger charge is 2.24. The molecule has 0 radical (unpaired) electrons. The molecule has 3 heterocycles. The van der Waals surface area contributed by atoms with Gasteiger partial charge in [0, 0.05) is 43.6 Å². The van der Waals surface area contributed by atoms with E-state index < -0.39 is 0 Å². The average molecular weight is 302 g/mol. The molecule has 2 aromatic rings. The number of likely N-dealkylation sites (N-methyl/N-ethyl adjacent to an activating group) is 1. The highest BCUT2D eigenvalue weighted by Crippen LogP contribution is 2.22. The number of carbonyl (C=O) groups is 1. The van der Waals surface area contributed by atoms with Crippen LogP contribution in [0.2, 0.25) is 0 Å². The summed E-state index contributed by atoms with van der Waals surface area (Å²) in [7, 11) is 2.08. The third kappa shape index (κ3) is 2.54. The van der Waals surface area contributed by atoms with Crippen molar-refractivity contribution in [2.24, 2.45) is 0 Å². The first-order valence-electron chi connectivity index (χ1n) is 7.58. The maximum atomic E-state index is 12.8. The molecule has 0 bridgehead atoms. The minimum atomic E-state index is 0.104. The molecule has 0 aliphatic carbocycles. The molecule has 0 N–H and O–H groups in total. The van der Waals surface area contributed by atoms with Crippen molar-refractivity contribution >= 4 is 5.91 Å². The molecule has 0 unspecified atom stereocenters. The van der Waals surface area contributed by atoms with Crippen LogP contribution in [0.3, 0.4) is 0 Å². The summed E-state index contributed by atoms with van der Waals surface area (Å²) in [6, 6.07) is 3.82. The Morgan fingerprint density at radius 2 is 1.82 bits per heavy atom. The first-order valence-corrected chi connectivity index (χ1v) is 7.58. The van der Waals surface area contributed by atoms with Crippen LogP contribution in [0, 0.1) is 20.8 Å². The van der Waals surface area contributed by atoms with Crippen molar-refractivity contribution in [3.05, 3.63) is 34.8 Å². The van der Waals surface area contributed by atoms with Gasteiger partial charge in [-0.2, -0.15) is 0 Å². The van der Waals surface area contributed by atoms with E-state index in [1.165, 1.54) is 0 Å². The van der Waals surface area contributed by atoms with Gasteiger partial charge in [0.15, 0.2) is 5.82 Å². The van der Waals surface area contributed by atoms with Gasteiger partial charge in [0.1, 0.15) is 5.76 Å². The van der Waals surface area contributed by atoms with Crippen molar-refractivity contribution in [1.29, 1.82) is 0 Å². The van der Waals surface area contributed by atoms with Gasteiger partial charge in [0.2, 0.25) is 0 Å². The van der Waals surface area contributed by atoms with Crippen LogP contribution in [-0.2, 0) is 0 Å². The fourth-order valence-corrected chi connectivity index (χ4v) is 2.97. The second kappa shape index (κ2) is 5.61. The van der Waals surface area contributed by atoms with Gasteiger partial charge in [-0.15, -0.1) is 0 Å². The second-order valence-corrected chi connectivity index (χ2v) is 6.01. The summed E-state index contributed by atoms with van der Waals surface area (Å²) in [5, 5.41) is 4.06.